The standard InChI is InChI=1S/C18H26O5/c1-17(2)20-12-15(21-17)16-14(22-18(3,4)23-16)11-19-10-13-8-6-5-7-9-13/h5-9,14-16H,10-12H2,1-4H3/t14-,15+,16+/m1/s1. The minimum absolute atomic E-state index is 0.142. The zero-order chi connectivity index (χ0) is 16.5. The Hall–Kier alpha value is -0.980. The Balaban J connectivity index is 1.57. The first-order valence-electron chi connectivity index (χ1n) is 8.14. The zero-order valence-electron chi connectivity index (χ0n) is 14.3. The predicted octanol–water partition coefficient (Wildman–Crippen LogP) is 2.87. The van der Waals surface area contributed by atoms with E-state index in [4.69, 9.17) is 23.7 Å². The van der Waals surface area contributed by atoms with Gasteiger partial charge in [0.05, 0.1) is 19.8 Å². The zero-order valence-corrected chi connectivity index (χ0v) is 14.3. The minimum Gasteiger partial charge on any atom is -0.374 e. The molecule has 2 aliphatic heterocycles. The maximum atomic E-state index is 6.03. The molecule has 0 bridgehead atoms. The van der Waals surface area contributed by atoms with Gasteiger partial charge in [0.15, 0.2) is 11.6 Å². The van der Waals surface area contributed by atoms with Gasteiger partial charge in [-0.2, -0.15) is 0 Å². The molecule has 23 heavy (non-hydrogen) atoms. The maximum absolute atomic E-state index is 6.03. The molecule has 1 aromatic rings. The van der Waals surface area contributed by atoms with Crippen LogP contribution in [0.5, 0.6) is 0 Å². The first kappa shape index (κ1) is 16.9. The van der Waals surface area contributed by atoms with Gasteiger partial charge in [0.1, 0.15) is 18.3 Å². The second-order valence-corrected chi connectivity index (χ2v) is 7.01. The highest BCUT2D eigenvalue weighted by Gasteiger charge is 2.49. The molecule has 128 valence electrons. The second-order valence-electron chi connectivity index (χ2n) is 7.01. The van der Waals surface area contributed by atoms with Crippen molar-refractivity contribution in [3.05, 3.63) is 35.9 Å². The highest BCUT2D eigenvalue weighted by molar-refractivity contribution is 5.13. The van der Waals surface area contributed by atoms with Crippen molar-refractivity contribution in [2.24, 2.45) is 0 Å². The number of benzene rings is 1. The molecule has 0 N–H and O–H groups in total. The van der Waals surface area contributed by atoms with Gasteiger partial charge < -0.3 is 23.7 Å². The summed E-state index contributed by atoms with van der Waals surface area (Å²) in [6.07, 6.45) is -0.504. The third-order valence-electron chi connectivity index (χ3n) is 4.01. The first-order chi connectivity index (χ1) is 10.8. The SMILES string of the molecule is CC1(C)OC[C@@H]([C@H]2OC(C)(C)O[C@@H]2COCc2ccccc2)O1. The predicted molar refractivity (Wildman–Crippen MR) is 84.8 cm³/mol. The van der Waals surface area contributed by atoms with Crippen LogP contribution in [0, 0.1) is 0 Å². The lowest BCUT2D eigenvalue weighted by Gasteiger charge is -2.23. The van der Waals surface area contributed by atoms with Crippen molar-refractivity contribution < 1.29 is 23.7 Å². The lowest BCUT2D eigenvalue weighted by Crippen LogP contribution is -2.40. The number of hydrogen-bond acceptors (Lipinski definition) is 5. The average Bonchev–Trinajstić information content (AvgIpc) is 2.99. The van der Waals surface area contributed by atoms with E-state index in [1.807, 2.05) is 58.0 Å². The van der Waals surface area contributed by atoms with E-state index in [0.29, 0.717) is 19.8 Å². The van der Waals surface area contributed by atoms with Gasteiger partial charge in [0.25, 0.3) is 0 Å². The minimum atomic E-state index is -0.637. The quantitative estimate of drug-likeness (QED) is 0.834. The molecule has 0 radical (unpaired) electrons. The van der Waals surface area contributed by atoms with Crippen molar-refractivity contribution in [1.29, 1.82) is 0 Å². The fraction of sp³-hybridized carbons (Fsp3) is 0.667. The van der Waals surface area contributed by atoms with E-state index in [0.717, 1.165) is 5.56 Å². The molecule has 2 saturated heterocycles. The van der Waals surface area contributed by atoms with Crippen LogP contribution in [0.1, 0.15) is 33.3 Å². The average molecular weight is 322 g/mol. The molecule has 0 amide bonds. The van der Waals surface area contributed by atoms with Crippen LogP contribution in [0.4, 0.5) is 0 Å². The summed E-state index contributed by atoms with van der Waals surface area (Å²) < 4.78 is 29.5. The molecule has 5 nitrogen and oxygen atoms in total. The van der Waals surface area contributed by atoms with Gasteiger partial charge in [-0.05, 0) is 33.3 Å². The fourth-order valence-corrected chi connectivity index (χ4v) is 3.05. The summed E-state index contributed by atoms with van der Waals surface area (Å²) in [5.41, 5.74) is 1.14. The highest BCUT2D eigenvalue weighted by Crippen LogP contribution is 2.35. The van der Waals surface area contributed by atoms with Gasteiger partial charge in [0.2, 0.25) is 0 Å². The second kappa shape index (κ2) is 6.49. The summed E-state index contributed by atoms with van der Waals surface area (Å²) in [7, 11) is 0. The van der Waals surface area contributed by atoms with Crippen molar-refractivity contribution in [2.75, 3.05) is 13.2 Å². The summed E-state index contributed by atoms with van der Waals surface area (Å²) in [5, 5.41) is 0. The van der Waals surface area contributed by atoms with E-state index in [1.54, 1.807) is 0 Å². The Kier molecular flexibility index (Phi) is 4.76. The third-order valence-corrected chi connectivity index (χ3v) is 4.01. The summed E-state index contributed by atoms with van der Waals surface area (Å²) in [4.78, 5) is 0. The van der Waals surface area contributed by atoms with Crippen molar-refractivity contribution in [2.45, 2.75) is 64.2 Å². The molecule has 0 aromatic heterocycles. The van der Waals surface area contributed by atoms with E-state index in [1.165, 1.54) is 0 Å². The molecule has 2 heterocycles. The maximum Gasteiger partial charge on any atom is 0.164 e. The lowest BCUT2D eigenvalue weighted by molar-refractivity contribution is -0.175. The Morgan fingerprint density at radius 2 is 1.74 bits per heavy atom. The van der Waals surface area contributed by atoms with Gasteiger partial charge >= 0.3 is 0 Å². The first-order valence-corrected chi connectivity index (χ1v) is 8.14. The van der Waals surface area contributed by atoms with Crippen LogP contribution in [0.15, 0.2) is 30.3 Å². The summed E-state index contributed by atoms with van der Waals surface area (Å²) in [5.74, 6) is -1.21. The Morgan fingerprint density at radius 1 is 1.00 bits per heavy atom. The number of hydrogen-bond donors (Lipinski definition) is 0. The van der Waals surface area contributed by atoms with Gasteiger partial charge in [0, 0.05) is 0 Å². The number of ether oxygens (including phenoxy) is 5. The van der Waals surface area contributed by atoms with Crippen molar-refractivity contribution in [1.82, 2.24) is 0 Å². The molecule has 3 atom stereocenters. The van der Waals surface area contributed by atoms with Gasteiger partial charge in [-0.3, -0.25) is 0 Å². The van der Waals surface area contributed by atoms with Crippen LogP contribution >= 0.6 is 0 Å². The van der Waals surface area contributed by atoms with Crippen molar-refractivity contribution >= 4 is 0 Å². The highest BCUT2D eigenvalue weighted by atomic mass is 16.8. The topological polar surface area (TPSA) is 46.2 Å². The summed E-state index contributed by atoms with van der Waals surface area (Å²) >= 11 is 0. The summed E-state index contributed by atoms with van der Waals surface area (Å²) in [6.45, 7) is 9.18. The third kappa shape index (κ3) is 4.31. The Labute approximate surface area is 137 Å². The normalized spacial score (nSPS) is 32.3. The van der Waals surface area contributed by atoms with Gasteiger partial charge in [-0.25, -0.2) is 0 Å². The molecular formula is C18H26O5. The lowest BCUT2D eigenvalue weighted by atomic mass is 10.1. The van der Waals surface area contributed by atoms with Crippen LogP contribution in [-0.2, 0) is 30.3 Å². The van der Waals surface area contributed by atoms with Gasteiger partial charge in [-0.1, -0.05) is 30.3 Å². The van der Waals surface area contributed by atoms with Crippen LogP contribution in [0.2, 0.25) is 0 Å². The molecule has 3 rings (SSSR count). The molecule has 0 aliphatic carbocycles. The van der Waals surface area contributed by atoms with Crippen LogP contribution in [0.3, 0.4) is 0 Å². The monoisotopic (exact) mass is 322 g/mol. The molecule has 2 fully saturated rings. The van der Waals surface area contributed by atoms with Crippen LogP contribution in [-0.4, -0.2) is 43.1 Å². The van der Waals surface area contributed by atoms with Gasteiger partial charge in [-0.15, -0.1) is 0 Å². The summed E-state index contributed by atoms with van der Waals surface area (Å²) in [6, 6.07) is 10.1. The Bertz CT molecular complexity index is 513. The molecule has 0 spiro atoms. The molecule has 2 aliphatic rings. The molecule has 0 unspecified atom stereocenters. The fourth-order valence-electron chi connectivity index (χ4n) is 3.05. The van der Waals surface area contributed by atoms with Crippen molar-refractivity contribution in [3.63, 3.8) is 0 Å². The molecule has 0 saturated carbocycles. The number of rotatable bonds is 5. The molecular weight excluding hydrogens is 296 g/mol. The molecule has 5 heteroatoms. The van der Waals surface area contributed by atoms with E-state index in [2.05, 4.69) is 0 Å². The smallest absolute Gasteiger partial charge is 0.164 e. The van der Waals surface area contributed by atoms with Crippen LogP contribution in [0.25, 0.3) is 0 Å². The van der Waals surface area contributed by atoms with Crippen molar-refractivity contribution in [3.8, 4) is 0 Å². The Morgan fingerprint density at radius 3 is 2.39 bits per heavy atom. The van der Waals surface area contributed by atoms with E-state index in [9.17, 15) is 0 Å². The van der Waals surface area contributed by atoms with E-state index in [-0.39, 0.29) is 18.3 Å². The molecule has 1 aromatic carbocycles. The largest absolute Gasteiger partial charge is 0.374 e. The van der Waals surface area contributed by atoms with E-state index < -0.39 is 11.6 Å². The van der Waals surface area contributed by atoms with Crippen LogP contribution < -0.4 is 0 Å². The van der Waals surface area contributed by atoms with E-state index >= 15 is 0 Å².